The highest BCUT2D eigenvalue weighted by Crippen LogP contribution is 2.23. The fourth-order valence-corrected chi connectivity index (χ4v) is 10.3. The molecule has 9 nitrogen and oxygen atoms in total. The summed E-state index contributed by atoms with van der Waals surface area (Å²) in [5.41, 5.74) is 0. The molecule has 7 atom stereocenters. The number of aliphatic hydroxyl groups is 5. The van der Waals surface area contributed by atoms with Gasteiger partial charge in [-0.2, -0.15) is 0 Å². The molecular weight excluding hydrogens is 983 g/mol. The van der Waals surface area contributed by atoms with Crippen molar-refractivity contribution in [2.75, 3.05) is 13.2 Å². The smallest absolute Gasteiger partial charge is 0.220 e. The number of amides is 1. The Labute approximate surface area is 486 Å². The van der Waals surface area contributed by atoms with Crippen molar-refractivity contribution < 1.29 is 39.8 Å². The second-order valence-electron chi connectivity index (χ2n) is 22.9. The first-order chi connectivity index (χ1) is 38.8. The fourth-order valence-electron chi connectivity index (χ4n) is 10.3. The molecule has 0 aromatic carbocycles. The third-order valence-electron chi connectivity index (χ3n) is 15.5. The second-order valence-corrected chi connectivity index (χ2v) is 22.9. The van der Waals surface area contributed by atoms with E-state index < -0.39 is 49.5 Å². The maximum atomic E-state index is 13.1. The van der Waals surface area contributed by atoms with Crippen LogP contribution in [0, 0.1) is 0 Å². The lowest BCUT2D eigenvalue weighted by atomic mass is 9.99. The maximum absolute atomic E-state index is 13.1. The van der Waals surface area contributed by atoms with Crippen LogP contribution in [0.15, 0.2) is 85.1 Å². The Morgan fingerprint density at radius 3 is 1.22 bits per heavy atom. The number of nitrogens with one attached hydrogen (secondary N) is 1. The molecule has 0 saturated carbocycles. The lowest BCUT2D eigenvalue weighted by Gasteiger charge is -2.40. The van der Waals surface area contributed by atoms with E-state index in [0.717, 1.165) is 83.5 Å². The molecule has 6 N–H and O–H groups in total. The van der Waals surface area contributed by atoms with Crippen molar-refractivity contribution in [3.63, 3.8) is 0 Å². The average molecular weight is 1110 g/mol. The number of carbonyl (C=O) groups excluding carboxylic acids is 1. The van der Waals surface area contributed by atoms with Crippen molar-refractivity contribution in [1.29, 1.82) is 0 Å². The predicted octanol–water partition coefficient (Wildman–Crippen LogP) is 17.7. The first kappa shape index (κ1) is 74.4. The van der Waals surface area contributed by atoms with Crippen molar-refractivity contribution in [2.45, 2.75) is 339 Å². The largest absolute Gasteiger partial charge is 0.394 e. The molecule has 1 saturated heterocycles. The topological polar surface area (TPSA) is 149 Å². The normalized spacial score (nSPS) is 19.1. The van der Waals surface area contributed by atoms with Crippen LogP contribution in [0.2, 0.25) is 0 Å². The average Bonchev–Trinajstić information content (AvgIpc) is 3.47. The van der Waals surface area contributed by atoms with E-state index in [9.17, 15) is 30.3 Å². The number of hydrogen-bond acceptors (Lipinski definition) is 8. The van der Waals surface area contributed by atoms with Gasteiger partial charge in [0, 0.05) is 6.42 Å². The molecule has 0 bridgehead atoms. The maximum Gasteiger partial charge on any atom is 0.220 e. The van der Waals surface area contributed by atoms with Crippen molar-refractivity contribution >= 4 is 5.91 Å². The lowest BCUT2D eigenvalue weighted by Crippen LogP contribution is -2.60. The van der Waals surface area contributed by atoms with Crippen molar-refractivity contribution in [3.05, 3.63) is 85.1 Å². The summed E-state index contributed by atoms with van der Waals surface area (Å²) in [6.45, 7) is 3.67. The van der Waals surface area contributed by atoms with Gasteiger partial charge < -0.3 is 40.3 Å². The number of unbranched alkanes of at least 4 members (excludes halogenated alkanes) is 35. The van der Waals surface area contributed by atoms with E-state index in [1.807, 2.05) is 6.08 Å². The van der Waals surface area contributed by atoms with Crippen molar-refractivity contribution in [1.82, 2.24) is 5.32 Å². The molecule has 0 spiro atoms. The molecule has 1 fully saturated rings. The Balaban J connectivity index is 2.18. The van der Waals surface area contributed by atoms with Crippen LogP contribution in [0.4, 0.5) is 0 Å². The summed E-state index contributed by atoms with van der Waals surface area (Å²) >= 11 is 0. The van der Waals surface area contributed by atoms with E-state index in [0.29, 0.717) is 6.42 Å². The van der Waals surface area contributed by atoms with E-state index >= 15 is 0 Å². The van der Waals surface area contributed by atoms with Gasteiger partial charge in [0.25, 0.3) is 0 Å². The summed E-state index contributed by atoms with van der Waals surface area (Å²) in [6.07, 6.45) is 76.8. The number of ether oxygens (including phenoxy) is 2. The van der Waals surface area contributed by atoms with Gasteiger partial charge >= 0.3 is 0 Å². The molecule has 0 aromatic heterocycles. The highest BCUT2D eigenvalue weighted by atomic mass is 16.7. The molecule has 0 aliphatic carbocycles. The lowest BCUT2D eigenvalue weighted by molar-refractivity contribution is -0.302. The molecule has 79 heavy (non-hydrogen) atoms. The van der Waals surface area contributed by atoms with E-state index in [1.54, 1.807) is 6.08 Å². The van der Waals surface area contributed by atoms with Gasteiger partial charge in [-0.1, -0.05) is 298 Å². The molecule has 1 heterocycles. The van der Waals surface area contributed by atoms with Crippen LogP contribution < -0.4 is 5.32 Å². The van der Waals surface area contributed by atoms with Crippen molar-refractivity contribution in [3.8, 4) is 0 Å². The quantitative estimate of drug-likeness (QED) is 0.0261. The minimum absolute atomic E-state index is 0.198. The second kappa shape index (κ2) is 58.6. The first-order valence-electron chi connectivity index (χ1n) is 33.3. The number of hydrogen-bond donors (Lipinski definition) is 6. The van der Waals surface area contributed by atoms with Gasteiger partial charge in [0.2, 0.25) is 5.91 Å². The zero-order chi connectivity index (χ0) is 57.2. The summed E-state index contributed by atoms with van der Waals surface area (Å²) in [5.74, 6) is -0.198. The molecule has 458 valence electrons. The van der Waals surface area contributed by atoms with Crippen LogP contribution in [-0.4, -0.2) is 87.5 Å². The minimum Gasteiger partial charge on any atom is -0.394 e. The zero-order valence-corrected chi connectivity index (χ0v) is 51.1. The van der Waals surface area contributed by atoms with E-state index in [2.05, 4.69) is 92.1 Å². The highest BCUT2D eigenvalue weighted by Gasteiger charge is 2.44. The molecule has 0 radical (unpaired) electrons. The standard InChI is InChI=1S/C70H125NO8/c1-3-5-7-9-11-13-15-17-19-21-23-25-27-28-29-30-31-32-33-34-35-36-38-39-41-43-45-47-49-51-53-55-57-59-64(73)63(62-78-70-69(77)68(76)67(75)65(61-72)79-70)71-66(74)60-58-56-54-52-50-48-46-44-42-40-37-26-24-22-20-18-16-14-12-10-8-6-4-2/h6,8,12,14,18,20,24,26,40,42,49,51,57,59,63-65,67-70,72-73,75-77H,3-5,7,9-11,13,15-17,19,21-23,25,27-39,41,43-48,50,52-56,58,60-62H2,1-2H3,(H,71,74)/b8-6-,14-12-,20-18-,26-24-,42-40-,51-49+,59-57+. The summed E-state index contributed by atoms with van der Waals surface area (Å²) in [5, 5.41) is 54.7. The van der Waals surface area contributed by atoms with E-state index in [-0.39, 0.29) is 12.5 Å². The van der Waals surface area contributed by atoms with E-state index in [4.69, 9.17) is 9.47 Å². The van der Waals surface area contributed by atoms with Crippen LogP contribution >= 0.6 is 0 Å². The number of carbonyl (C=O) groups is 1. The van der Waals surface area contributed by atoms with Crippen LogP contribution in [-0.2, 0) is 14.3 Å². The van der Waals surface area contributed by atoms with Crippen molar-refractivity contribution in [2.24, 2.45) is 0 Å². The number of allylic oxidation sites excluding steroid dienone is 13. The number of rotatable bonds is 57. The zero-order valence-electron chi connectivity index (χ0n) is 51.1. The van der Waals surface area contributed by atoms with Crippen LogP contribution in [0.5, 0.6) is 0 Å². The van der Waals surface area contributed by atoms with Gasteiger partial charge in [0.1, 0.15) is 24.4 Å². The molecule has 1 aliphatic heterocycles. The molecule has 7 unspecified atom stereocenters. The molecule has 9 heteroatoms. The SMILES string of the molecule is CC/C=C\C/C=C\C/C=C\C/C=C\C/C=C\CCCCCCCCCC(=O)NC(COC1OC(CO)C(O)C(O)C1O)C(O)/C=C/CC/C=C/CCCCCCCCCCCCCCCCCCCCCCCCCCCCC. The van der Waals surface area contributed by atoms with Gasteiger partial charge in [0.15, 0.2) is 6.29 Å². The molecule has 1 amide bonds. The van der Waals surface area contributed by atoms with Gasteiger partial charge in [-0.15, -0.1) is 0 Å². The first-order valence-corrected chi connectivity index (χ1v) is 33.3. The van der Waals surface area contributed by atoms with E-state index in [1.165, 1.54) is 193 Å². The summed E-state index contributed by atoms with van der Waals surface area (Å²) in [7, 11) is 0. The van der Waals surface area contributed by atoms with Crippen LogP contribution in [0.1, 0.15) is 296 Å². The third kappa shape index (κ3) is 47.6. The molecular formula is C70H125NO8. The Hall–Kier alpha value is -2.63. The summed E-state index contributed by atoms with van der Waals surface area (Å²) in [4.78, 5) is 13.1. The Morgan fingerprint density at radius 2 is 0.797 bits per heavy atom. The molecule has 1 rings (SSSR count). The third-order valence-corrected chi connectivity index (χ3v) is 15.5. The monoisotopic (exact) mass is 1110 g/mol. The van der Waals surface area contributed by atoms with Gasteiger partial charge in [-0.3, -0.25) is 4.79 Å². The fraction of sp³-hybridized carbons (Fsp3) is 0.786. The molecule has 0 aromatic rings. The number of aliphatic hydroxyl groups excluding tert-OH is 5. The Kier molecular flexibility index (Phi) is 55.1. The van der Waals surface area contributed by atoms with Gasteiger partial charge in [-0.05, 0) is 77.0 Å². The summed E-state index contributed by atoms with van der Waals surface area (Å²) < 4.78 is 11.3. The van der Waals surface area contributed by atoms with Crippen LogP contribution in [0.25, 0.3) is 0 Å². The Morgan fingerprint density at radius 1 is 0.443 bits per heavy atom. The van der Waals surface area contributed by atoms with Gasteiger partial charge in [0.05, 0.1) is 25.4 Å². The van der Waals surface area contributed by atoms with Gasteiger partial charge in [-0.25, -0.2) is 0 Å². The highest BCUT2D eigenvalue weighted by molar-refractivity contribution is 5.76. The molecule has 1 aliphatic rings. The predicted molar refractivity (Wildman–Crippen MR) is 336 cm³/mol. The van der Waals surface area contributed by atoms with Crippen LogP contribution in [0.3, 0.4) is 0 Å². The Bertz CT molecular complexity index is 1520. The minimum atomic E-state index is -1.58. The summed E-state index contributed by atoms with van der Waals surface area (Å²) in [6, 6.07) is -0.835.